The lowest BCUT2D eigenvalue weighted by atomic mass is 10.00. The van der Waals surface area contributed by atoms with Crippen LogP contribution < -0.4 is 10.2 Å². The molecule has 0 radical (unpaired) electrons. The number of nitrogens with one attached hydrogen (secondary N) is 1. The SMILES string of the molecule is CN(C1=CC=C(C(=O)N2CCN(C(=O)Nc3ccc(SC(F)(F)F)cc3)CC2)CC1)c1ccncc1. The third kappa shape index (κ3) is 6.60. The van der Waals surface area contributed by atoms with Crippen LogP contribution in [0.15, 0.2) is 77.1 Å². The highest BCUT2D eigenvalue weighted by Gasteiger charge is 2.29. The molecule has 2 aromatic rings. The van der Waals surface area contributed by atoms with E-state index in [4.69, 9.17) is 0 Å². The van der Waals surface area contributed by atoms with Gasteiger partial charge in [0, 0.05) is 73.2 Å². The molecule has 1 saturated heterocycles. The van der Waals surface area contributed by atoms with Gasteiger partial charge in [-0.1, -0.05) is 6.08 Å². The molecule has 0 spiro atoms. The molecule has 2 aliphatic rings. The molecule has 190 valence electrons. The van der Waals surface area contributed by atoms with Crippen molar-refractivity contribution in [3.05, 3.63) is 72.2 Å². The van der Waals surface area contributed by atoms with E-state index in [9.17, 15) is 22.8 Å². The number of benzene rings is 1. The number of alkyl halides is 3. The fourth-order valence-corrected chi connectivity index (χ4v) is 4.62. The van der Waals surface area contributed by atoms with Crippen LogP contribution in [0.5, 0.6) is 0 Å². The third-order valence-corrected chi connectivity index (χ3v) is 6.82. The quantitative estimate of drug-likeness (QED) is 0.559. The Morgan fingerprint density at radius 3 is 2.17 bits per heavy atom. The lowest BCUT2D eigenvalue weighted by Crippen LogP contribution is -2.52. The molecule has 11 heteroatoms. The minimum Gasteiger partial charge on any atom is -0.348 e. The van der Waals surface area contributed by atoms with Gasteiger partial charge in [-0.3, -0.25) is 9.78 Å². The molecule has 1 N–H and O–H groups in total. The van der Waals surface area contributed by atoms with Crippen LogP contribution in [0, 0.1) is 0 Å². The predicted molar refractivity (Wildman–Crippen MR) is 134 cm³/mol. The van der Waals surface area contributed by atoms with Crippen LogP contribution in [-0.2, 0) is 4.79 Å². The summed E-state index contributed by atoms with van der Waals surface area (Å²) in [7, 11) is 1.99. The number of hydrogen-bond acceptors (Lipinski definition) is 5. The molecule has 0 bridgehead atoms. The summed E-state index contributed by atoms with van der Waals surface area (Å²) < 4.78 is 37.4. The first-order valence-electron chi connectivity index (χ1n) is 11.4. The largest absolute Gasteiger partial charge is 0.446 e. The highest BCUT2D eigenvalue weighted by Crippen LogP contribution is 2.37. The van der Waals surface area contributed by atoms with Gasteiger partial charge in [0.05, 0.1) is 0 Å². The standard InChI is InChI=1S/C25H26F3N5O2S/c1-31(21-10-12-29-13-11-21)20-6-2-18(3-7-20)23(34)32-14-16-33(17-15-32)24(35)30-19-4-8-22(9-5-19)36-25(26,27)28/h2,4-6,8-13H,3,7,14-17H2,1H3,(H,30,35). The highest BCUT2D eigenvalue weighted by molar-refractivity contribution is 8.00. The number of hydrogen-bond donors (Lipinski definition) is 1. The van der Waals surface area contributed by atoms with Crippen molar-refractivity contribution in [2.75, 3.05) is 43.4 Å². The summed E-state index contributed by atoms with van der Waals surface area (Å²) in [6, 6.07) is 9.03. The molecule has 1 aromatic carbocycles. The number of rotatable bonds is 5. The minimum atomic E-state index is -4.36. The van der Waals surface area contributed by atoms with E-state index in [0.717, 1.165) is 23.4 Å². The van der Waals surface area contributed by atoms with E-state index in [0.29, 0.717) is 38.3 Å². The molecule has 1 fully saturated rings. The number of urea groups is 1. The Bertz CT molecular complexity index is 1140. The summed E-state index contributed by atoms with van der Waals surface area (Å²) in [6.07, 6.45) is 8.72. The van der Waals surface area contributed by atoms with E-state index in [2.05, 4.69) is 15.2 Å². The lowest BCUT2D eigenvalue weighted by molar-refractivity contribution is -0.128. The Kier molecular flexibility index (Phi) is 7.88. The molecular formula is C25H26F3N5O2S. The molecule has 0 unspecified atom stereocenters. The number of aromatic nitrogens is 1. The first-order chi connectivity index (χ1) is 17.2. The summed E-state index contributed by atoms with van der Waals surface area (Å²) in [4.78, 5) is 35.1. The van der Waals surface area contributed by atoms with E-state index in [1.165, 1.54) is 24.3 Å². The van der Waals surface area contributed by atoms with Gasteiger partial charge in [0.1, 0.15) is 0 Å². The van der Waals surface area contributed by atoms with Crippen molar-refractivity contribution >= 4 is 35.1 Å². The summed E-state index contributed by atoms with van der Waals surface area (Å²) in [5.74, 6) is -0.0188. The van der Waals surface area contributed by atoms with Crippen LogP contribution in [0.25, 0.3) is 0 Å². The summed E-state index contributed by atoms with van der Waals surface area (Å²) >= 11 is -0.202. The number of allylic oxidation sites excluding steroid dienone is 3. The number of halogens is 3. The van der Waals surface area contributed by atoms with Gasteiger partial charge in [-0.2, -0.15) is 13.2 Å². The van der Waals surface area contributed by atoms with Gasteiger partial charge in [-0.15, -0.1) is 0 Å². The van der Waals surface area contributed by atoms with E-state index in [1.807, 2.05) is 31.3 Å². The fraction of sp³-hybridized carbons (Fsp3) is 0.320. The van der Waals surface area contributed by atoms with E-state index in [1.54, 1.807) is 22.2 Å². The second kappa shape index (κ2) is 11.1. The Morgan fingerprint density at radius 1 is 0.944 bits per heavy atom. The first-order valence-corrected chi connectivity index (χ1v) is 12.3. The van der Waals surface area contributed by atoms with Crippen LogP contribution in [-0.4, -0.2) is 65.5 Å². The second-order valence-electron chi connectivity index (χ2n) is 8.40. The monoisotopic (exact) mass is 517 g/mol. The average molecular weight is 518 g/mol. The smallest absolute Gasteiger partial charge is 0.348 e. The third-order valence-electron chi connectivity index (χ3n) is 6.08. The molecule has 1 aliphatic heterocycles. The Hall–Kier alpha value is -3.47. The zero-order chi connectivity index (χ0) is 25.7. The molecule has 1 aromatic heterocycles. The first kappa shape index (κ1) is 25.6. The average Bonchev–Trinajstić information content (AvgIpc) is 2.89. The number of piperazine rings is 1. The van der Waals surface area contributed by atoms with Crippen molar-refractivity contribution in [3.8, 4) is 0 Å². The van der Waals surface area contributed by atoms with Gasteiger partial charge < -0.3 is 20.0 Å². The summed E-state index contributed by atoms with van der Waals surface area (Å²) in [5, 5.41) is 2.70. The summed E-state index contributed by atoms with van der Waals surface area (Å²) in [6.45, 7) is 1.58. The maximum atomic E-state index is 13.0. The number of carbonyl (C=O) groups excluding carboxylic acids is 2. The van der Waals surface area contributed by atoms with E-state index < -0.39 is 5.51 Å². The normalized spacial score (nSPS) is 16.2. The number of amides is 3. The molecule has 36 heavy (non-hydrogen) atoms. The molecule has 4 rings (SSSR count). The van der Waals surface area contributed by atoms with Crippen molar-refractivity contribution in [1.82, 2.24) is 14.8 Å². The molecule has 0 atom stereocenters. The molecule has 1 aliphatic carbocycles. The van der Waals surface area contributed by atoms with Crippen LogP contribution in [0.2, 0.25) is 0 Å². The Balaban J connectivity index is 1.27. The van der Waals surface area contributed by atoms with Gasteiger partial charge in [-0.05, 0) is 67.1 Å². The number of nitrogens with zero attached hydrogens (tertiary/aromatic N) is 4. The van der Waals surface area contributed by atoms with Crippen molar-refractivity contribution in [2.45, 2.75) is 23.2 Å². The molecule has 7 nitrogen and oxygen atoms in total. The van der Waals surface area contributed by atoms with Crippen molar-refractivity contribution in [1.29, 1.82) is 0 Å². The molecule has 2 heterocycles. The van der Waals surface area contributed by atoms with E-state index >= 15 is 0 Å². The summed E-state index contributed by atoms with van der Waals surface area (Å²) in [5.41, 5.74) is -1.05. The molecular weight excluding hydrogens is 491 g/mol. The van der Waals surface area contributed by atoms with E-state index in [-0.39, 0.29) is 28.6 Å². The topological polar surface area (TPSA) is 68.8 Å². The lowest BCUT2D eigenvalue weighted by Gasteiger charge is -2.35. The zero-order valence-corrected chi connectivity index (χ0v) is 20.5. The van der Waals surface area contributed by atoms with Crippen LogP contribution in [0.4, 0.5) is 29.3 Å². The van der Waals surface area contributed by atoms with Gasteiger partial charge in [0.15, 0.2) is 0 Å². The van der Waals surface area contributed by atoms with Crippen molar-refractivity contribution in [3.63, 3.8) is 0 Å². The maximum Gasteiger partial charge on any atom is 0.446 e. The number of carbonyl (C=O) groups is 2. The molecule has 3 amide bonds. The maximum absolute atomic E-state index is 13.0. The number of pyridine rings is 1. The van der Waals surface area contributed by atoms with Crippen LogP contribution in [0.1, 0.15) is 12.8 Å². The van der Waals surface area contributed by atoms with Crippen LogP contribution >= 0.6 is 11.8 Å². The van der Waals surface area contributed by atoms with Crippen LogP contribution in [0.3, 0.4) is 0 Å². The van der Waals surface area contributed by atoms with Gasteiger partial charge in [0.25, 0.3) is 0 Å². The Morgan fingerprint density at radius 2 is 1.58 bits per heavy atom. The van der Waals surface area contributed by atoms with Gasteiger partial charge >= 0.3 is 11.5 Å². The number of anilines is 2. The fourth-order valence-electron chi connectivity index (χ4n) is 4.08. The predicted octanol–water partition coefficient (Wildman–Crippen LogP) is 5.11. The highest BCUT2D eigenvalue weighted by atomic mass is 32.2. The Labute approximate surface area is 211 Å². The number of thioether (sulfide) groups is 1. The van der Waals surface area contributed by atoms with Gasteiger partial charge in [-0.25, -0.2) is 4.79 Å². The zero-order valence-electron chi connectivity index (χ0n) is 19.7. The van der Waals surface area contributed by atoms with Gasteiger partial charge in [0.2, 0.25) is 5.91 Å². The van der Waals surface area contributed by atoms with Crippen molar-refractivity contribution in [2.24, 2.45) is 0 Å². The molecule has 0 saturated carbocycles. The minimum absolute atomic E-state index is 0.0188. The van der Waals surface area contributed by atoms with Crippen molar-refractivity contribution < 1.29 is 22.8 Å². The second-order valence-corrected chi connectivity index (χ2v) is 9.53.